The lowest BCUT2D eigenvalue weighted by atomic mass is 9.97. The first kappa shape index (κ1) is 27.3. The van der Waals surface area contributed by atoms with Gasteiger partial charge >= 0.3 is 5.97 Å². The standard InChI is InChI=1S/C20H36O12/c1-8(2)18(26)28-7-11-17(13(23)15(25)19(31-11)29-9(3)4)32-20-14(24)12(22)16(27-5)10(6-21)30-20/h8-17,19-25H,6-7H2,1-5H3. The number of hydrogen-bond donors (Lipinski definition) is 5. The average Bonchev–Trinajstić information content (AvgIpc) is 2.74. The summed E-state index contributed by atoms with van der Waals surface area (Å²) in [5.74, 6) is -0.923. The summed E-state index contributed by atoms with van der Waals surface area (Å²) in [5.41, 5.74) is 0. The molecule has 0 amide bonds. The van der Waals surface area contributed by atoms with E-state index in [2.05, 4.69) is 0 Å². The zero-order chi connectivity index (χ0) is 24.2. The molecule has 2 aliphatic heterocycles. The van der Waals surface area contributed by atoms with Crippen LogP contribution in [0.4, 0.5) is 0 Å². The zero-order valence-corrected chi connectivity index (χ0v) is 18.9. The molecule has 2 rings (SSSR count). The summed E-state index contributed by atoms with van der Waals surface area (Å²) in [7, 11) is 1.29. The van der Waals surface area contributed by atoms with Crippen LogP contribution in [0, 0.1) is 5.92 Å². The molecular weight excluding hydrogens is 432 g/mol. The van der Waals surface area contributed by atoms with E-state index in [4.69, 9.17) is 28.4 Å². The molecule has 0 radical (unpaired) electrons. The summed E-state index contributed by atoms with van der Waals surface area (Å²) in [5, 5.41) is 51.5. The number of ether oxygens (including phenoxy) is 6. The third-order valence-electron chi connectivity index (χ3n) is 5.29. The molecule has 0 saturated carbocycles. The molecule has 12 heteroatoms. The van der Waals surface area contributed by atoms with Gasteiger partial charge in [-0.2, -0.15) is 0 Å². The Morgan fingerprint density at radius 1 is 0.875 bits per heavy atom. The Hall–Kier alpha value is -0.930. The van der Waals surface area contributed by atoms with Crippen LogP contribution in [-0.4, -0.2) is 119 Å². The van der Waals surface area contributed by atoms with Crippen molar-refractivity contribution in [2.75, 3.05) is 20.3 Å². The van der Waals surface area contributed by atoms with Gasteiger partial charge < -0.3 is 54.0 Å². The summed E-state index contributed by atoms with van der Waals surface area (Å²) in [6.45, 7) is 5.86. The van der Waals surface area contributed by atoms with Crippen LogP contribution in [0.25, 0.3) is 0 Å². The molecule has 2 fully saturated rings. The molecule has 0 bridgehead atoms. The summed E-state index contributed by atoms with van der Waals surface area (Å²) in [4.78, 5) is 11.9. The minimum atomic E-state index is -1.60. The molecule has 5 N–H and O–H groups in total. The van der Waals surface area contributed by atoms with Crippen LogP contribution < -0.4 is 0 Å². The molecule has 32 heavy (non-hydrogen) atoms. The lowest BCUT2D eigenvalue weighted by Crippen LogP contribution is -2.65. The van der Waals surface area contributed by atoms with Crippen molar-refractivity contribution in [1.29, 1.82) is 0 Å². The van der Waals surface area contributed by atoms with Gasteiger partial charge in [-0.1, -0.05) is 13.8 Å². The molecule has 10 atom stereocenters. The number of hydrogen-bond acceptors (Lipinski definition) is 12. The molecule has 0 aliphatic carbocycles. The molecule has 12 nitrogen and oxygen atoms in total. The summed E-state index contributed by atoms with van der Waals surface area (Å²) >= 11 is 0. The second-order valence-electron chi connectivity index (χ2n) is 8.50. The van der Waals surface area contributed by atoms with E-state index in [0.29, 0.717) is 0 Å². The molecule has 188 valence electrons. The van der Waals surface area contributed by atoms with Crippen LogP contribution in [0.5, 0.6) is 0 Å². The smallest absolute Gasteiger partial charge is 0.308 e. The summed E-state index contributed by atoms with van der Waals surface area (Å²) in [6.07, 6.45) is -13.7. The first-order valence-corrected chi connectivity index (χ1v) is 10.7. The number of esters is 1. The fraction of sp³-hybridized carbons (Fsp3) is 0.950. The highest BCUT2D eigenvalue weighted by Gasteiger charge is 2.51. The lowest BCUT2D eigenvalue weighted by Gasteiger charge is -2.46. The normalized spacial score (nSPS) is 40.6. The Bertz CT molecular complexity index is 585. The fourth-order valence-electron chi connectivity index (χ4n) is 3.53. The van der Waals surface area contributed by atoms with Gasteiger partial charge in [0, 0.05) is 7.11 Å². The second kappa shape index (κ2) is 12.0. The van der Waals surface area contributed by atoms with Gasteiger partial charge in [-0.3, -0.25) is 4.79 Å². The molecule has 0 aromatic carbocycles. The Kier molecular flexibility index (Phi) is 10.2. The highest BCUT2D eigenvalue weighted by Crippen LogP contribution is 2.30. The van der Waals surface area contributed by atoms with Crippen molar-refractivity contribution < 1.29 is 58.7 Å². The first-order valence-electron chi connectivity index (χ1n) is 10.7. The first-order chi connectivity index (χ1) is 15.0. The van der Waals surface area contributed by atoms with Crippen LogP contribution in [-0.2, 0) is 33.2 Å². The Morgan fingerprint density at radius 2 is 1.44 bits per heavy atom. The van der Waals surface area contributed by atoms with E-state index in [-0.39, 0.29) is 12.7 Å². The topological polar surface area (TPSA) is 174 Å². The molecule has 0 aromatic heterocycles. The number of aliphatic hydroxyl groups is 5. The van der Waals surface area contributed by atoms with Crippen molar-refractivity contribution in [3.8, 4) is 0 Å². The van der Waals surface area contributed by atoms with E-state index in [0.717, 1.165) is 0 Å². The van der Waals surface area contributed by atoms with Crippen molar-refractivity contribution in [3.05, 3.63) is 0 Å². The molecular formula is C20H36O12. The minimum absolute atomic E-state index is 0.334. The predicted octanol–water partition coefficient (Wildman–Crippen LogP) is -2.10. The molecule has 2 aliphatic rings. The van der Waals surface area contributed by atoms with Gasteiger partial charge in [0.1, 0.15) is 55.4 Å². The Morgan fingerprint density at radius 3 is 1.97 bits per heavy atom. The molecule has 0 spiro atoms. The lowest BCUT2D eigenvalue weighted by molar-refractivity contribution is -0.363. The molecule has 2 saturated heterocycles. The van der Waals surface area contributed by atoms with Gasteiger partial charge in [-0.15, -0.1) is 0 Å². The number of aliphatic hydroxyl groups excluding tert-OH is 5. The maximum atomic E-state index is 11.9. The van der Waals surface area contributed by atoms with E-state index in [1.165, 1.54) is 7.11 Å². The van der Waals surface area contributed by atoms with E-state index in [1.54, 1.807) is 27.7 Å². The van der Waals surface area contributed by atoms with Gasteiger partial charge in [0.05, 0.1) is 18.6 Å². The van der Waals surface area contributed by atoms with Crippen molar-refractivity contribution >= 4 is 5.97 Å². The average molecular weight is 468 g/mol. The third kappa shape index (κ3) is 6.35. The highest BCUT2D eigenvalue weighted by molar-refractivity contribution is 5.71. The van der Waals surface area contributed by atoms with E-state index in [9.17, 15) is 30.3 Å². The van der Waals surface area contributed by atoms with Crippen LogP contribution in [0.15, 0.2) is 0 Å². The van der Waals surface area contributed by atoms with Gasteiger partial charge in [-0.25, -0.2) is 0 Å². The van der Waals surface area contributed by atoms with Crippen LogP contribution in [0.1, 0.15) is 27.7 Å². The van der Waals surface area contributed by atoms with Crippen LogP contribution in [0.2, 0.25) is 0 Å². The highest BCUT2D eigenvalue weighted by atomic mass is 16.7. The van der Waals surface area contributed by atoms with Crippen LogP contribution in [0.3, 0.4) is 0 Å². The Labute approximate surface area is 186 Å². The van der Waals surface area contributed by atoms with Gasteiger partial charge in [0.2, 0.25) is 0 Å². The van der Waals surface area contributed by atoms with Crippen LogP contribution >= 0.6 is 0 Å². The summed E-state index contributed by atoms with van der Waals surface area (Å²) in [6, 6.07) is 0. The minimum Gasteiger partial charge on any atom is -0.463 e. The van der Waals surface area contributed by atoms with Crippen molar-refractivity contribution in [3.63, 3.8) is 0 Å². The largest absolute Gasteiger partial charge is 0.463 e. The maximum absolute atomic E-state index is 11.9. The van der Waals surface area contributed by atoms with E-state index in [1.807, 2.05) is 0 Å². The summed E-state index contributed by atoms with van der Waals surface area (Å²) < 4.78 is 32.7. The number of rotatable bonds is 9. The predicted molar refractivity (Wildman–Crippen MR) is 106 cm³/mol. The number of methoxy groups -OCH3 is 1. The fourth-order valence-corrected chi connectivity index (χ4v) is 3.53. The van der Waals surface area contributed by atoms with E-state index >= 15 is 0 Å². The SMILES string of the molecule is COC1C(CO)OC(OC2C(COC(=O)C(C)C)OC(OC(C)C)C(O)C2O)C(O)C1O. The van der Waals surface area contributed by atoms with Crippen molar-refractivity contribution in [1.82, 2.24) is 0 Å². The van der Waals surface area contributed by atoms with Gasteiger partial charge in [-0.05, 0) is 13.8 Å². The molecule has 2 heterocycles. The second-order valence-corrected chi connectivity index (χ2v) is 8.50. The van der Waals surface area contributed by atoms with Gasteiger partial charge in [0.15, 0.2) is 12.6 Å². The van der Waals surface area contributed by atoms with Crippen molar-refractivity contribution in [2.24, 2.45) is 5.92 Å². The quantitative estimate of drug-likeness (QED) is 0.234. The number of carbonyl (C=O) groups is 1. The molecule has 10 unspecified atom stereocenters. The maximum Gasteiger partial charge on any atom is 0.308 e. The van der Waals surface area contributed by atoms with Gasteiger partial charge in [0.25, 0.3) is 0 Å². The monoisotopic (exact) mass is 468 g/mol. The zero-order valence-electron chi connectivity index (χ0n) is 18.9. The van der Waals surface area contributed by atoms with Crippen molar-refractivity contribution in [2.45, 2.75) is 95.2 Å². The molecule has 0 aromatic rings. The third-order valence-corrected chi connectivity index (χ3v) is 5.29. The van der Waals surface area contributed by atoms with E-state index < -0.39 is 79.9 Å². The Balaban J connectivity index is 2.21. The number of carbonyl (C=O) groups excluding carboxylic acids is 1.